The zero-order valence-electron chi connectivity index (χ0n) is 40.9. The summed E-state index contributed by atoms with van der Waals surface area (Å²) in [6.45, 7) is 0.728. The minimum atomic E-state index is -2.47. The molecule has 3 fully saturated rings. The minimum Gasteiger partial charge on any atom is -0.478 e. The lowest BCUT2D eigenvalue weighted by atomic mass is 9.52. The average Bonchev–Trinajstić information content (AvgIpc) is 4.09. The third-order valence-corrected chi connectivity index (χ3v) is 19.6. The number of nitrogens with zero attached hydrogens (tertiary/aromatic N) is 1. The van der Waals surface area contributed by atoms with Crippen molar-refractivity contribution in [3.63, 3.8) is 0 Å². The molecule has 17 heteroatoms. The Bertz CT molecular complexity index is 2620. The van der Waals surface area contributed by atoms with Gasteiger partial charge in [0, 0.05) is 48.6 Å². The summed E-state index contributed by atoms with van der Waals surface area (Å²) in [7, 11) is 1.56. The number of pyridine rings is 1. The average molecular weight is 1010 g/mol. The van der Waals surface area contributed by atoms with E-state index < -0.39 is 81.6 Å². The van der Waals surface area contributed by atoms with E-state index in [1.165, 1.54) is 28.5 Å². The van der Waals surface area contributed by atoms with E-state index in [-0.39, 0.29) is 36.1 Å². The minimum absolute atomic E-state index is 0.0740. The Kier molecular flexibility index (Phi) is 13.9. The zero-order valence-corrected chi connectivity index (χ0v) is 41.7. The van der Waals surface area contributed by atoms with Crippen molar-refractivity contribution in [2.75, 3.05) is 26.0 Å². The van der Waals surface area contributed by atoms with Crippen LogP contribution in [0.25, 0.3) is 6.08 Å². The first-order valence-corrected chi connectivity index (χ1v) is 27.0. The van der Waals surface area contributed by atoms with Crippen molar-refractivity contribution in [1.82, 2.24) is 31.6 Å². The van der Waals surface area contributed by atoms with E-state index in [0.29, 0.717) is 18.6 Å². The molecule has 0 radical (unpaired) electrons. The summed E-state index contributed by atoms with van der Waals surface area (Å²) >= 11 is 1.41. The van der Waals surface area contributed by atoms with Gasteiger partial charge in [-0.2, -0.15) is 0 Å². The molecule has 2 saturated carbocycles. The van der Waals surface area contributed by atoms with Crippen LogP contribution in [0.3, 0.4) is 0 Å². The molecule has 10 rings (SSSR count). The number of allylic oxidation sites excluding steroid dienone is 3. The standard InChI is InChI=1S/C55H68N6O10S/c1-56-32-59-55(70,50(68)69)23-14-40(62)60-39(46(63)61-47(64)48(65)66)31-72-54-25-24-51(18-5-2-6-19-52(54)20-7-8-21-52)30-36(29-33-15-26-57-27-16-33)43(41-44(51)45(54)71-49(41)67)53-22-13-38-37-10-4-3-9-34(37)11-12-35(42(38)53)17-28-58-53/h3-4,9-12,15-16,24-27,35,38-39,41-42,47,56,58-59,64,70H,2,5-8,13-14,17-23,28-32H2,1H3,(H,60,62)(H,61,63)(H,65,66)(H,68,69)/t35-,38-,39+,41-,42+,47+,51+,53-,54+,55-/m1/s1. The molecule has 2 aromatic rings. The molecule has 72 heavy (non-hydrogen) atoms. The van der Waals surface area contributed by atoms with Crippen LogP contribution in [0.5, 0.6) is 0 Å². The molecule has 0 unspecified atom stereocenters. The van der Waals surface area contributed by atoms with Gasteiger partial charge in [0.2, 0.25) is 23.8 Å². The number of fused-ring (bicyclic) bond motifs is 5. The molecule has 1 aromatic heterocycles. The second-order valence-electron chi connectivity index (χ2n) is 21.7. The molecule has 16 nitrogen and oxygen atoms in total. The van der Waals surface area contributed by atoms with Gasteiger partial charge in [-0.3, -0.25) is 24.7 Å². The van der Waals surface area contributed by atoms with Gasteiger partial charge in [0.25, 0.3) is 0 Å². The number of hydrogen-bond donors (Lipinski definition) is 9. The quantitative estimate of drug-likeness (QED) is 0.0562. The van der Waals surface area contributed by atoms with E-state index in [1.54, 1.807) is 7.05 Å². The molecule has 8 aliphatic rings. The van der Waals surface area contributed by atoms with E-state index >= 15 is 4.79 Å². The van der Waals surface area contributed by atoms with Crippen LogP contribution in [-0.4, -0.2) is 109 Å². The molecule has 2 amide bonds. The molecular formula is C55H68N6O10S. The molecule has 2 bridgehead atoms. The highest BCUT2D eigenvalue weighted by molar-refractivity contribution is 8.01. The first-order chi connectivity index (χ1) is 34.7. The first kappa shape index (κ1) is 50.4. The number of ether oxygens (including phenoxy) is 1. The van der Waals surface area contributed by atoms with Crippen LogP contribution >= 0.6 is 11.8 Å². The normalized spacial score (nSPS) is 31.4. The van der Waals surface area contributed by atoms with E-state index in [1.807, 2.05) is 12.4 Å². The number of thioether (sulfide) groups is 1. The number of carboxylic acids is 2. The molecule has 2 aliphatic heterocycles. The molecule has 6 aliphatic carbocycles. The Morgan fingerprint density at radius 1 is 0.944 bits per heavy atom. The van der Waals surface area contributed by atoms with Crippen molar-refractivity contribution in [1.29, 1.82) is 0 Å². The second kappa shape index (κ2) is 19.9. The second-order valence-corrected chi connectivity index (χ2v) is 22.9. The SMILES string of the molecule is CNCN[C@@](O)(CCC(=O)N[C@@H](CS[C@]12C=C[C@@]3(CCCCCC14CCCC4)CC(Cc1ccncc1)=C([C@]14CC[C@@H]5c6ccccc6C=C[C@H](CCN1)[C@@H]54)[C@H]1C(=O)OC2=C13)C(=O)N[C@@H](O)C(=O)O)C(=O)O. The maximum absolute atomic E-state index is 15.7. The largest absolute Gasteiger partial charge is 0.478 e. The Balaban J connectivity index is 1.09. The fourth-order valence-electron chi connectivity index (χ4n) is 14.7. The zero-order chi connectivity index (χ0) is 50.5. The summed E-state index contributed by atoms with van der Waals surface area (Å²) in [5, 5.41) is 54.9. The van der Waals surface area contributed by atoms with Crippen molar-refractivity contribution >= 4 is 47.6 Å². The number of hydrogen-bond acceptors (Lipinski definition) is 13. The van der Waals surface area contributed by atoms with Crippen LogP contribution in [-0.2, 0) is 35.1 Å². The van der Waals surface area contributed by atoms with Gasteiger partial charge in [0.05, 0.1) is 4.75 Å². The number of amides is 2. The summed E-state index contributed by atoms with van der Waals surface area (Å²) in [6.07, 6.45) is 22.0. The fraction of sp³-hybridized carbons (Fsp3) is 0.564. The van der Waals surface area contributed by atoms with Crippen molar-refractivity contribution in [3.05, 3.63) is 106 Å². The molecule has 1 aromatic carbocycles. The lowest BCUT2D eigenvalue weighted by molar-refractivity contribution is -0.164. The molecule has 10 atom stereocenters. The Hall–Kier alpha value is -5.17. The number of nitrogens with one attached hydrogen (secondary N) is 5. The number of aromatic nitrogens is 1. The molecular weight excluding hydrogens is 937 g/mol. The first-order valence-electron chi connectivity index (χ1n) is 26.0. The number of benzene rings is 1. The van der Waals surface area contributed by atoms with Gasteiger partial charge in [-0.25, -0.2) is 9.59 Å². The van der Waals surface area contributed by atoms with E-state index in [9.17, 15) is 39.6 Å². The van der Waals surface area contributed by atoms with Crippen molar-refractivity contribution in [2.45, 2.75) is 137 Å². The number of piperidine rings is 1. The Morgan fingerprint density at radius 3 is 2.44 bits per heavy atom. The lowest BCUT2D eigenvalue weighted by Crippen LogP contribution is -2.60. The van der Waals surface area contributed by atoms with Crippen LogP contribution in [0.2, 0.25) is 0 Å². The van der Waals surface area contributed by atoms with Gasteiger partial charge >= 0.3 is 17.9 Å². The number of rotatable bonds is 17. The number of carbonyl (C=O) groups is 5. The summed E-state index contributed by atoms with van der Waals surface area (Å²) < 4.78 is 6.06. The highest BCUT2D eigenvalue weighted by Gasteiger charge is 2.68. The van der Waals surface area contributed by atoms with Crippen LogP contribution in [0.1, 0.15) is 119 Å². The van der Waals surface area contributed by atoms with E-state index in [4.69, 9.17) is 4.74 Å². The van der Waals surface area contributed by atoms with Gasteiger partial charge in [0.1, 0.15) is 17.7 Å². The van der Waals surface area contributed by atoms with Crippen LogP contribution in [0, 0.1) is 28.6 Å². The van der Waals surface area contributed by atoms with Gasteiger partial charge in [-0.05, 0) is 135 Å². The molecule has 3 heterocycles. The maximum atomic E-state index is 15.7. The third-order valence-electron chi connectivity index (χ3n) is 17.9. The summed E-state index contributed by atoms with van der Waals surface area (Å²) in [4.78, 5) is 71.9. The fourth-order valence-corrected chi connectivity index (χ4v) is 16.5. The molecule has 384 valence electrons. The predicted molar refractivity (Wildman–Crippen MR) is 269 cm³/mol. The van der Waals surface area contributed by atoms with E-state index in [2.05, 4.69) is 92.3 Å². The number of carbonyl (C=O) groups excluding carboxylic acids is 3. The summed E-state index contributed by atoms with van der Waals surface area (Å²) in [5.41, 5.74) is 3.24. The van der Waals surface area contributed by atoms with Crippen LogP contribution in [0.4, 0.5) is 0 Å². The Labute approximate surface area is 424 Å². The van der Waals surface area contributed by atoms with Crippen LogP contribution < -0.4 is 26.6 Å². The molecule has 9 N–H and O–H groups in total. The van der Waals surface area contributed by atoms with Crippen LogP contribution in [0.15, 0.2) is 89.5 Å². The Morgan fingerprint density at radius 2 is 1.69 bits per heavy atom. The van der Waals surface area contributed by atoms with Gasteiger partial charge in [-0.1, -0.05) is 86.2 Å². The highest BCUT2D eigenvalue weighted by atomic mass is 32.2. The third kappa shape index (κ3) is 8.64. The van der Waals surface area contributed by atoms with Gasteiger partial charge in [0.15, 0.2) is 0 Å². The van der Waals surface area contributed by atoms with Crippen molar-refractivity contribution in [2.24, 2.45) is 28.6 Å². The van der Waals surface area contributed by atoms with Crippen molar-refractivity contribution in [3.8, 4) is 0 Å². The monoisotopic (exact) mass is 1000 g/mol. The highest BCUT2D eigenvalue weighted by Crippen LogP contribution is 2.71. The predicted octanol–water partition coefficient (Wildman–Crippen LogP) is 5.20. The van der Waals surface area contributed by atoms with Gasteiger partial charge < -0.3 is 46.4 Å². The molecule has 2 spiro atoms. The maximum Gasteiger partial charge on any atom is 0.353 e. The molecule has 1 saturated heterocycles. The number of esters is 1. The summed E-state index contributed by atoms with van der Waals surface area (Å²) in [5.74, 6) is -4.73. The van der Waals surface area contributed by atoms with Gasteiger partial charge in [-0.15, -0.1) is 11.8 Å². The smallest absolute Gasteiger partial charge is 0.353 e. The van der Waals surface area contributed by atoms with E-state index in [0.717, 1.165) is 100 Å². The topological polar surface area (TPSA) is 249 Å². The number of aliphatic hydroxyl groups is 2. The number of carboxylic acid groups (broad SMARTS) is 2. The van der Waals surface area contributed by atoms with Crippen molar-refractivity contribution < 1.29 is 49.1 Å². The summed E-state index contributed by atoms with van der Waals surface area (Å²) in [6, 6.07) is 11.5. The lowest BCUT2D eigenvalue weighted by Gasteiger charge is -2.55. The number of aliphatic carboxylic acids is 2. The number of aliphatic hydroxyl groups excluding tert-OH is 1.